The van der Waals surface area contributed by atoms with E-state index in [1.165, 1.54) is 40.3 Å². The highest BCUT2D eigenvalue weighted by atomic mass is 33.1. The summed E-state index contributed by atoms with van der Waals surface area (Å²) in [5, 5.41) is 10.1. The first-order valence-corrected chi connectivity index (χ1v) is 25.7. The van der Waals surface area contributed by atoms with Gasteiger partial charge in [0.2, 0.25) is 33.9 Å². The summed E-state index contributed by atoms with van der Waals surface area (Å²) in [6, 6.07) is 14.9. The summed E-state index contributed by atoms with van der Waals surface area (Å²) < 4.78 is 0. The van der Waals surface area contributed by atoms with Gasteiger partial charge in [0, 0.05) is 64.8 Å². The highest BCUT2D eigenvalue weighted by Gasteiger charge is 2.37. The molecule has 0 spiro atoms. The first kappa shape index (κ1) is 52.6. The van der Waals surface area contributed by atoms with E-state index in [0.29, 0.717) is 34.6 Å². The molecule has 4 atom stereocenters. The smallest absolute Gasteiger partial charge is 0.270 e. The topological polar surface area (TPSA) is 258 Å². The van der Waals surface area contributed by atoms with Gasteiger partial charge in [-0.3, -0.25) is 47.9 Å². The van der Waals surface area contributed by atoms with Crippen LogP contribution in [0, 0.1) is 0 Å². The standard InChI is InChI=1S/C46H48N10O10S4.2H2/c1-25-45(65)67-21-33(51-41(61)31-17-15-27-11-7-9-13-29(27)49-31)39(59)47-20-38(58)56(6)36-24-70-69-23-35(43(63)53(25)3)55(5)37(57)19-48-40(60)34(22-68-46(66)26(2)54(4)44(36)64)52-42(62)32-18-16-28-12-8-10-14-30(28)50-32;;/h7-18,33-36H,1-2,19-24H2,3-6H3,(H,47,59)(H,48,60)(H,51,61)(H,52,62);2*1H/t33-,34-,35+,36+;;/m1../s1/i;2*1+1. The Hall–Kier alpha value is -6.76. The number of carbonyl (C=O) groups is 10. The van der Waals surface area contributed by atoms with E-state index >= 15 is 0 Å². The van der Waals surface area contributed by atoms with Gasteiger partial charge in [-0.05, 0) is 24.3 Å². The van der Waals surface area contributed by atoms with E-state index in [1.54, 1.807) is 60.7 Å². The van der Waals surface area contributed by atoms with Crippen LogP contribution in [0.15, 0.2) is 97.3 Å². The minimum atomic E-state index is -1.45. The third-order valence-electron chi connectivity index (χ3n) is 11.3. The monoisotopic (exact) mass is 1030 g/mol. The molecule has 0 saturated carbocycles. The third-order valence-corrected chi connectivity index (χ3v) is 15.6. The van der Waals surface area contributed by atoms with E-state index < -0.39 is 106 Å². The van der Waals surface area contributed by atoms with Gasteiger partial charge >= 0.3 is 0 Å². The van der Waals surface area contributed by atoms with Crippen LogP contribution in [0.1, 0.15) is 23.8 Å². The molecule has 0 aliphatic carbocycles. The fraction of sp³-hybridized carbons (Fsp3) is 0.304. The van der Waals surface area contributed by atoms with E-state index in [0.717, 1.165) is 52.0 Å². The van der Waals surface area contributed by atoms with Gasteiger partial charge in [-0.15, -0.1) is 0 Å². The molecule has 4 heterocycles. The third kappa shape index (κ3) is 12.7. The fourth-order valence-electron chi connectivity index (χ4n) is 6.78. The minimum Gasteiger partial charge on any atom is -0.345 e. The van der Waals surface area contributed by atoms with Crippen molar-refractivity contribution in [1.82, 2.24) is 50.8 Å². The van der Waals surface area contributed by atoms with E-state index in [9.17, 15) is 47.9 Å². The number of hydrogen-bond donors (Lipinski definition) is 4. The molecule has 2 fully saturated rings. The zero-order valence-electron chi connectivity index (χ0n) is 38.3. The molecule has 4 aromatic rings. The quantitative estimate of drug-likeness (QED) is 0.168. The molecule has 2 aromatic heterocycles. The number of carbonyl (C=O) groups excluding carboxylic acids is 10. The maximum absolute atomic E-state index is 14.3. The Morgan fingerprint density at radius 1 is 0.571 bits per heavy atom. The van der Waals surface area contributed by atoms with Crippen LogP contribution in [-0.4, -0.2) is 176 Å². The highest BCUT2D eigenvalue weighted by molar-refractivity contribution is 8.76. The minimum absolute atomic E-state index is 0. The van der Waals surface area contributed by atoms with Crippen molar-refractivity contribution >= 4 is 124 Å². The van der Waals surface area contributed by atoms with Crippen LogP contribution in [0.3, 0.4) is 0 Å². The molecule has 20 nitrogen and oxygen atoms in total. The summed E-state index contributed by atoms with van der Waals surface area (Å²) in [7, 11) is 7.29. The summed E-state index contributed by atoms with van der Waals surface area (Å²) >= 11 is 1.11. The largest absolute Gasteiger partial charge is 0.345 e. The van der Waals surface area contributed by atoms with Crippen LogP contribution in [-0.2, 0) is 38.4 Å². The molecule has 0 radical (unpaired) electrons. The Morgan fingerprint density at radius 2 is 0.943 bits per heavy atom. The van der Waals surface area contributed by atoms with Crippen LogP contribution in [0.25, 0.3) is 21.8 Å². The van der Waals surface area contributed by atoms with Crippen molar-refractivity contribution in [3.8, 4) is 0 Å². The highest BCUT2D eigenvalue weighted by Crippen LogP contribution is 2.28. The number of benzene rings is 2. The summed E-state index contributed by atoms with van der Waals surface area (Å²) in [5.74, 6) is -7.41. The van der Waals surface area contributed by atoms with Crippen LogP contribution in [0.2, 0.25) is 0 Å². The number of para-hydroxylation sites is 2. The number of thioether (sulfide) groups is 2. The first-order valence-electron chi connectivity index (χ1n) is 21.3. The lowest BCUT2D eigenvalue weighted by atomic mass is 10.2. The second kappa shape index (κ2) is 23.7. The summed E-state index contributed by atoms with van der Waals surface area (Å²) in [6.07, 6.45) is 0. The Bertz CT molecular complexity index is 2640. The van der Waals surface area contributed by atoms with Gasteiger partial charge in [0.15, 0.2) is 0 Å². The van der Waals surface area contributed by atoms with Crippen molar-refractivity contribution in [2.45, 2.75) is 24.2 Å². The Labute approximate surface area is 421 Å². The van der Waals surface area contributed by atoms with Crippen LogP contribution in [0.4, 0.5) is 0 Å². The normalized spacial score (nSPS) is 21.7. The molecule has 0 unspecified atom stereocenters. The molecule has 70 heavy (non-hydrogen) atoms. The second-order valence-electron chi connectivity index (χ2n) is 15.8. The maximum atomic E-state index is 14.3. The molecule has 6 rings (SSSR count). The summed E-state index contributed by atoms with van der Waals surface area (Å²) in [5.41, 5.74) is 0.274. The van der Waals surface area contributed by atoms with Crippen molar-refractivity contribution in [2.24, 2.45) is 0 Å². The van der Waals surface area contributed by atoms with E-state index in [4.69, 9.17) is 0 Å². The number of rotatable bonds is 4. The lowest BCUT2D eigenvalue weighted by molar-refractivity contribution is -0.142. The zero-order valence-corrected chi connectivity index (χ0v) is 41.6. The zero-order chi connectivity index (χ0) is 50.8. The van der Waals surface area contributed by atoms with E-state index in [2.05, 4.69) is 44.4 Å². The molecule has 2 aromatic carbocycles. The van der Waals surface area contributed by atoms with Crippen LogP contribution < -0.4 is 21.3 Å². The van der Waals surface area contributed by atoms with E-state index in [1.807, 2.05) is 0 Å². The Morgan fingerprint density at radius 3 is 1.33 bits per heavy atom. The van der Waals surface area contributed by atoms with Gasteiger partial charge < -0.3 is 40.9 Å². The predicted octanol–water partition coefficient (Wildman–Crippen LogP) is 1.93. The van der Waals surface area contributed by atoms with Gasteiger partial charge in [-0.1, -0.05) is 107 Å². The lowest BCUT2D eigenvalue weighted by Gasteiger charge is -2.33. The van der Waals surface area contributed by atoms with Crippen molar-refractivity contribution < 1.29 is 50.8 Å². The SMILES string of the molecule is C=C1C(=O)SC[C@@H](NC(=O)c2ccc3ccccc3n2)C(=O)NCC(=O)N(C)[C@H]2CSSC[C@@H](C(=O)N1C)N(C)C(=O)CNC(=O)[C@H](NC(=O)c1ccc3ccccc3n1)CSC(=O)C(=C)N(C)C2=O.[2HH].[2HH]. The van der Waals surface area contributed by atoms with Gasteiger partial charge in [0.25, 0.3) is 23.6 Å². The molecule has 2 aliphatic rings. The molecule has 8 amide bonds. The number of nitrogens with zero attached hydrogens (tertiary/aromatic N) is 6. The predicted molar refractivity (Wildman–Crippen MR) is 273 cm³/mol. The molecule has 4 N–H and O–H groups in total. The average molecular weight is 1040 g/mol. The van der Waals surface area contributed by atoms with Crippen molar-refractivity contribution in [2.75, 3.05) is 64.3 Å². The fourth-order valence-corrected chi connectivity index (χ4v) is 11.0. The number of amides is 8. The summed E-state index contributed by atoms with van der Waals surface area (Å²) in [4.78, 5) is 151. The lowest BCUT2D eigenvalue weighted by Crippen LogP contribution is -2.55. The second-order valence-corrected chi connectivity index (χ2v) is 20.3. The van der Waals surface area contributed by atoms with E-state index in [-0.39, 0.29) is 37.1 Å². The van der Waals surface area contributed by atoms with Gasteiger partial charge in [0.05, 0.1) is 35.5 Å². The van der Waals surface area contributed by atoms with Gasteiger partial charge in [-0.25, -0.2) is 9.97 Å². The maximum Gasteiger partial charge on any atom is 0.270 e. The number of fused-ring (bicyclic) bond motifs is 7. The molecule has 2 aliphatic heterocycles. The number of likely N-dealkylation sites (N-methyl/N-ethyl adjacent to an activating group) is 4. The molecular weight excluding hydrogens is 981 g/mol. The molecular formula is C46H52N10O10S4. The Kier molecular flexibility index (Phi) is 17.8. The number of aromatic nitrogens is 2. The number of hydrogen-bond acceptors (Lipinski definition) is 16. The van der Waals surface area contributed by atoms with Crippen molar-refractivity contribution in [1.29, 1.82) is 0 Å². The molecule has 2 bridgehead atoms. The van der Waals surface area contributed by atoms with Gasteiger partial charge in [-0.2, -0.15) is 0 Å². The first-order chi connectivity index (χ1) is 33.4. The summed E-state index contributed by atoms with van der Waals surface area (Å²) in [6.45, 7) is 6.29. The van der Waals surface area contributed by atoms with Crippen molar-refractivity contribution in [3.05, 3.63) is 109 Å². The van der Waals surface area contributed by atoms with Crippen molar-refractivity contribution in [3.63, 3.8) is 0 Å². The molecule has 2 saturated heterocycles. The average Bonchev–Trinajstić information content (AvgIpc) is 3.37. The molecule has 24 heteroatoms. The Balaban J connectivity index is 0.00000562. The van der Waals surface area contributed by atoms with Crippen LogP contribution in [0.5, 0.6) is 0 Å². The number of pyridine rings is 2. The van der Waals surface area contributed by atoms with Crippen LogP contribution >= 0.6 is 45.1 Å². The number of nitrogens with one attached hydrogen (secondary N) is 4. The molecule has 370 valence electrons. The van der Waals surface area contributed by atoms with Gasteiger partial charge in [0.1, 0.15) is 35.6 Å².